The Hall–Kier alpha value is -0.610. The lowest BCUT2D eigenvalue weighted by atomic mass is 9.86. The fourth-order valence-electron chi connectivity index (χ4n) is 3.06. The van der Waals surface area contributed by atoms with Crippen LogP contribution in [0.3, 0.4) is 0 Å². The third-order valence-corrected chi connectivity index (χ3v) is 4.25. The van der Waals surface area contributed by atoms with Crippen LogP contribution in [0.4, 0.5) is 0 Å². The molecule has 1 aliphatic heterocycles. The molecule has 1 aliphatic carbocycles. The van der Waals surface area contributed by atoms with Crippen molar-refractivity contribution >= 4 is 30.6 Å². The Bertz CT molecular complexity index is 459. The lowest BCUT2D eigenvalue weighted by Gasteiger charge is -2.39. The molecular weight excluding hydrogens is 295 g/mol. The number of piperazine rings is 1. The van der Waals surface area contributed by atoms with Crippen molar-refractivity contribution in [3.05, 3.63) is 35.4 Å². The molecule has 3 nitrogen and oxygen atoms in total. The van der Waals surface area contributed by atoms with E-state index < -0.39 is 0 Å². The topological polar surface area (TPSA) is 23.6 Å². The fraction of sp³-hybridized carbons (Fsp3) is 0.533. The van der Waals surface area contributed by atoms with Gasteiger partial charge in [0.1, 0.15) is 0 Å². The molecule has 1 aromatic rings. The molecule has 20 heavy (non-hydrogen) atoms. The average molecular weight is 317 g/mol. The summed E-state index contributed by atoms with van der Waals surface area (Å²) >= 11 is 0. The number of Topliss-reactive ketones (excluding diaryl/α,β-unsaturated/α-hetero) is 1. The summed E-state index contributed by atoms with van der Waals surface area (Å²) in [4.78, 5) is 17.2. The Balaban J connectivity index is 0.000001000. The number of nitrogens with zero attached hydrogens (tertiary/aromatic N) is 2. The van der Waals surface area contributed by atoms with E-state index in [-0.39, 0.29) is 30.9 Å². The van der Waals surface area contributed by atoms with Crippen LogP contribution in [0.5, 0.6) is 0 Å². The minimum Gasteiger partial charge on any atom is -0.304 e. The Labute approximate surface area is 133 Å². The quantitative estimate of drug-likeness (QED) is 0.794. The predicted octanol–water partition coefficient (Wildman–Crippen LogP) is 2.28. The molecule has 0 radical (unpaired) electrons. The van der Waals surface area contributed by atoms with Crippen molar-refractivity contribution in [3.63, 3.8) is 0 Å². The van der Waals surface area contributed by atoms with Gasteiger partial charge >= 0.3 is 0 Å². The molecule has 0 bridgehead atoms. The van der Waals surface area contributed by atoms with Crippen LogP contribution in [-0.4, -0.2) is 54.9 Å². The summed E-state index contributed by atoms with van der Waals surface area (Å²) in [7, 11) is 2.15. The lowest BCUT2D eigenvalue weighted by molar-refractivity contribution is 0.0671. The number of aryl methyl sites for hydroxylation is 1. The van der Waals surface area contributed by atoms with Crippen molar-refractivity contribution < 1.29 is 4.79 Å². The van der Waals surface area contributed by atoms with Crippen molar-refractivity contribution in [1.29, 1.82) is 0 Å². The normalized spacial score (nSPS) is 23.4. The van der Waals surface area contributed by atoms with Crippen LogP contribution in [0.1, 0.15) is 22.3 Å². The van der Waals surface area contributed by atoms with Crippen molar-refractivity contribution in [2.75, 3.05) is 33.2 Å². The zero-order chi connectivity index (χ0) is 12.5. The number of fused-ring (bicyclic) bond motifs is 1. The second-order valence-electron chi connectivity index (χ2n) is 5.42. The van der Waals surface area contributed by atoms with Gasteiger partial charge in [0.05, 0.1) is 6.04 Å². The molecule has 0 spiro atoms. The molecule has 1 atom stereocenters. The third-order valence-electron chi connectivity index (χ3n) is 4.25. The van der Waals surface area contributed by atoms with E-state index in [4.69, 9.17) is 0 Å². The second kappa shape index (κ2) is 7.41. The van der Waals surface area contributed by atoms with Gasteiger partial charge in [0, 0.05) is 31.7 Å². The minimum absolute atomic E-state index is 0. The highest BCUT2D eigenvalue weighted by Crippen LogP contribution is 2.25. The van der Waals surface area contributed by atoms with Gasteiger partial charge in [-0.2, -0.15) is 0 Å². The summed E-state index contributed by atoms with van der Waals surface area (Å²) < 4.78 is 0. The molecule has 1 fully saturated rings. The summed E-state index contributed by atoms with van der Waals surface area (Å²) in [6.45, 7) is 4.20. The van der Waals surface area contributed by atoms with Crippen LogP contribution >= 0.6 is 24.8 Å². The molecule has 2 aliphatic rings. The van der Waals surface area contributed by atoms with E-state index in [1.807, 2.05) is 18.2 Å². The highest BCUT2D eigenvalue weighted by Gasteiger charge is 2.32. The highest BCUT2D eigenvalue weighted by atomic mass is 35.5. The van der Waals surface area contributed by atoms with Crippen LogP contribution in [0.2, 0.25) is 0 Å². The van der Waals surface area contributed by atoms with Gasteiger partial charge in [-0.25, -0.2) is 0 Å². The summed E-state index contributed by atoms with van der Waals surface area (Å²) in [5.74, 6) is 0.335. The van der Waals surface area contributed by atoms with Crippen molar-refractivity contribution in [2.24, 2.45) is 0 Å². The number of benzene rings is 1. The van der Waals surface area contributed by atoms with Gasteiger partial charge in [-0.05, 0) is 25.5 Å². The summed E-state index contributed by atoms with van der Waals surface area (Å²) in [6.07, 6.45) is 2.03. The van der Waals surface area contributed by atoms with E-state index in [0.717, 1.165) is 44.6 Å². The summed E-state index contributed by atoms with van der Waals surface area (Å²) in [5, 5.41) is 0. The van der Waals surface area contributed by atoms with E-state index >= 15 is 0 Å². The number of likely N-dealkylation sites (N-methyl/N-ethyl adjacent to an activating group) is 1. The van der Waals surface area contributed by atoms with E-state index in [2.05, 4.69) is 22.9 Å². The van der Waals surface area contributed by atoms with Gasteiger partial charge < -0.3 is 4.90 Å². The molecule has 1 heterocycles. The van der Waals surface area contributed by atoms with Crippen LogP contribution < -0.4 is 0 Å². The summed E-state index contributed by atoms with van der Waals surface area (Å²) in [5.41, 5.74) is 2.18. The van der Waals surface area contributed by atoms with Gasteiger partial charge in [-0.3, -0.25) is 9.69 Å². The Morgan fingerprint density at radius 1 is 1.05 bits per heavy atom. The number of rotatable bonds is 1. The Morgan fingerprint density at radius 3 is 2.40 bits per heavy atom. The van der Waals surface area contributed by atoms with Crippen molar-refractivity contribution in [1.82, 2.24) is 9.80 Å². The van der Waals surface area contributed by atoms with Crippen LogP contribution in [0, 0.1) is 0 Å². The molecule has 0 N–H and O–H groups in total. The molecule has 0 amide bonds. The zero-order valence-corrected chi connectivity index (χ0v) is 13.4. The first-order valence-corrected chi connectivity index (χ1v) is 6.80. The molecule has 112 valence electrons. The maximum atomic E-state index is 12.5. The second-order valence-corrected chi connectivity index (χ2v) is 5.42. The first kappa shape index (κ1) is 17.4. The standard InChI is InChI=1S/C15H20N2O.2ClH/c1-16-8-10-17(11-9-16)14-7-6-12-4-2-3-5-13(12)15(14)18;;/h2-5,14H,6-11H2,1H3;2*1H. The summed E-state index contributed by atoms with van der Waals surface area (Å²) in [6, 6.07) is 8.20. The number of carbonyl (C=O) groups excluding carboxylic acids is 1. The van der Waals surface area contributed by atoms with Gasteiger partial charge in [0.15, 0.2) is 5.78 Å². The number of halogens is 2. The number of carbonyl (C=O) groups is 1. The predicted molar refractivity (Wildman–Crippen MR) is 86.4 cm³/mol. The third kappa shape index (κ3) is 3.34. The smallest absolute Gasteiger partial charge is 0.180 e. The fourth-order valence-corrected chi connectivity index (χ4v) is 3.06. The van der Waals surface area contributed by atoms with E-state index in [9.17, 15) is 4.79 Å². The van der Waals surface area contributed by atoms with Gasteiger partial charge in [-0.1, -0.05) is 24.3 Å². The molecular formula is C15H22Cl2N2O. The molecule has 0 saturated carbocycles. The van der Waals surface area contributed by atoms with E-state index in [1.54, 1.807) is 0 Å². The van der Waals surface area contributed by atoms with Gasteiger partial charge in [0.25, 0.3) is 0 Å². The number of hydrogen-bond acceptors (Lipinski definition) is 3. The maximum absolute atomic E-state index is 12.5. The number of ketones is 1. The number of hydrogen-bond donors (Lipinski definition) is 0. The Kier molecular flexibility index (Phi) is 6.46. The molecule has 1 aromatic carbocycles. The van der Waals surface area contributed by atoms with Gasteiger partial charge in [0.2, 0.25) is 0 Å². The maximum Gasteiger partial charge on any atom is 0.180 e. The SMILES string of the molecule is CN1CCN(C2CCc3ccccc3C2=O)CC1.Cl.Cl. The molecule has 0 aromatic heterocycles. The molecule has 3 rings (SSSR count). The molecule has 5 heteroatoms. The van der Waals surface area contributed by atoms with E-state index in [1.165, 1.54) is 5.56 Å². The molecule has 1 saturated heterocycles. The van der Waals surface area contributed by atoms with Crippen LogP contribution in [0.15, 0.2) is 24.3 Å². The minimum atomic E-state index is 0. The first-order chi connectivity index (χ1) is 8.75. The average Bonchev–Trinajstić information content (AvgIpc) is 2.41. The zero-order valence-electron chi connectivity index (χ0n) is 11.7. The first-order valence-electron chi connectivity index (χ1n) is 6.80. The van der Waals surface area contributed by atoms with Crippen molar-refractivity contribution in [3.8, 4) is 0 Å². The van der Waals surface area contributed by atoms with Crippen LogP contribution in [0.25, 0.3) is 0 Å². The van der Waals surface area contributed by atoms with Crippen LogP contribution in [-0.2, 0) is 6.42 Å². The van der Waals surface area contributed by atoms with Gasteiger partial charge in [-0.15, -0.1) is 24.8 Å². The highest BCUT2D eigenvalue weighted by molar-refractivity contribution is 6.02. The van der Waals surface area contributed by atoms with E-state index in [0.29, 0.717) is 5.78 Å². The largest absolute Gasteiger partial charge is 0.304 e. The molecule has 1 unspecified atom stereocenters. The monoisotopic (exact) mass is 316 g/mol. The Morgan fingerprint density at radius 2 is 1.70 bits per heavy atom. The van der Waals surface area contributed by atoms with Crippen molar-refractivity contribution in [2.45, 2.75) is 18.9 Å². The lowest BCUT2D eigenvalue weighted by Crippen LogP contribution is -2.52.